The smallest absolute Gasteiger partial charge is 0.383 e. The van der Waals surface area contributed by atoms with E-state index in [0.29, 0.717) is 11.3 Å². The van der Waals surface area contributed by atoms with Crippen LogP contribution in [0.1, 0.15) is 11.4 Å². The Hall–Kier alpha value is -1.89. The Morgan fingerprint density at radius 2 is 1.88 bits per heavy atom. The number of nitrogens with two attached hydrogens (primary N) is 2. The van der Waals surface area contributed by atoms with E-state index in [1.54, 1.807) is 0 Å². The van der Waals surface area contributed by atoms with Crippen LogP contribution in [-0.2, 0) is 12.7 Å². The third-order valence-electron chi connectivity index (χ3n) is 2.28. The molecule has 0 fully saturated rings. The minimum absolute atomic E-state index is 0.00144. The van der Waals surface area contributed by atoms with Gasteiger partial charge in [-0.05, 0) is 18.2 Å². The van der Waals surface area contributed by atoms with E-state index in [9.17, 15) is 13.2 Å². The second-order valence-corrected chi connectivity index (χ2v) is 3.46. The molecule has 0 saturated carbocycles. The maximum atomic E-state index is 12.5. The fourth-order valence-electron chi connectivity index (χ4n) is 1.47. The van der Waals surface area contributed by atoms with Gasteiger partial charge in [0.2, 0.25) is 0 Å². The van der Waals surface area contributed by atoms with Gasteiger partial charge in [0.1, 0.15) is 11.6 Å². The average molecular weight is 242 g/mol. The third kappa shape index (κ3) is 2.14. The number of hydrogen-bond acceptors (Lipinski definition) is 4. The normalized spacial score (nSPS) is 12.0. The second kappa shape index (κ2) is 3.85. The average Bonchev–Trinajstić information content (AvgIpc) is 2.27. The number of anilines is 1. The Labute approximate surface area is 94.5 Å². The molecule has 0 aliphatic heterocycles. The standard InChI is InChI=1S/C10H9F3N4/c11-10(12,13)5-1-2-7-6(3-5)9(15)17-8(4-14)16-7/h1-3H,4,14H2,(H2,15,16,17). The minimum Gasteiger partial charge on any atom is -0.383 e. The van der Waals surface area contributed by atoms with Crippen molar-refractivity contribution in [3.63, 3.8) is 0 Å². The SMILES string of the molecule is NCc1nc(N)c2cc(C(F)(F)F)ccc2n1. The van der Waals surface area contributed by atoms with E-state index in [-0.39, 0.29) is 17.7 Å². The van der Waals surface area contributed by atoms with E-state index in [1.807, 2.05) is 0 Å². The van der Waals surface area contributed by atoms with Crippen molar-refractivity contribution in [3.05, 3.63) is 29.6 Å². The first kappa shape index (κ1) is 11.6. The second-order valence-electron chi connectivity index (χ2n) is 3.46. The highest BCUT2D eigenvalue weighted by atomic mass is 19.4. The molecular weight excluding hydrogens is 233 g/mol. The van der Waals surface area contributed by atoms with Gasteiger partial charge in [-0.2, -0.15) is 13.2 Å². The molecule has 0 aliphatic carbocycles. The molecule has 7 heteroatoms. The van der Waals surface area contributed by atoms with Crippen molar-refractivity contribution in [1.29, 1.82) is 0 Å². The maximum Gasteiger partial charge on any atom is 0.416 e. The van der Waals surface area contributed by atoms with Crippen molar-refractivity contribution in [3.8, 4) is 0 Å². The van der Waals surface area contributed by atoms with Crippen LogP contribution in [0.15, 0.2) is 18.2 Å². The lowest BCUT2D eigenvalue weighted by Gasteiger charge is -2.09. The van der Waals surface area contributed by atoms with Crippen molar-refractivity contribution in [2.24, 2.45) is 5.73 Å². The topological polar surface area (TPSA) is 77.8 Å². The summed E-state index contributed by atoms with van der Waals surface area (Å²) in [6.07, 6.45) is -4.41. The van der Waals surface area contributed by atoms with E-state index in [0.717, 1.165) is 12.1 Å². The van der Waals surface area contributed by atoms with Crippen LogP contribution in [0.3, 0.4) is 0 Å². The van der Waals surface area contributed by atoms with Crippen molar-refractivity contribution in [2.75, 3.05) is 5.73 Å². The molecule has 1 aromatic heterocycles. The monoisotopic (exact) mass is 242 g/mol. The molecule has 0 unspecified atom stereocenters. The van der Waals surface area contributed by atoms with E-state index < -0.39 is 11.7 Å². The number of halogens is 3. The lowest BCUT2D eigenvalue weighted by atomic mass is 10.1. The number of fused-ring (bicyclic) bond motifs is 1. The van der Waals surface area contributed by atoms with E-state index >= 15 is 0 Å². The summed E-state index contributed by atoms with van der Waals surface area (Å²) in [5.41, 5.74) is 10.5. The van der Waals surface area contributed by atoms with Gasteiger partial charge in [-0.15, -0.1) is 0 Å². The van der Waals surface area contributed by atoms with Gasteiger partial charge in [0.25, 0.3) is 0 Å². The molecule has 2 rings (SSSR count). The first-order valence-electron chi connectivity index (χ1n) is 4.75. The van der Waals surface area contributed by atoms with Gasteiger partial charge in [0.15, 0.2) is 0 Å². The Bertz CT molecular complexity index is 565. The van der Waals surface area contributed by atoms with E-state index in [1.165, 1.54) is 6.07 Å². The number of aromatic nitrogens is 2. The summed E-state index contributed by atoms with van der Waals surface area (Å²) in [5, 5.41) is 0.178. The summed E-state index contributed by atoms with van der Waals surface area (Å²) in [6.45, 7) is 0.0845. The molecule has 0 radical (unpaired) electrons. The number of nitrogen functional groups attached to an aromatic ring is 1. The van der Waals surface area contributed by atoms with Gasteiger partial charge < -0.3 is 11.5 Å². The summed E-state index contributed by atoms with van der Waals surface area (Å²) in [7, 11) is 0. The van der Waals surface area contributed by atoms with Crippen LogP contribution in [0.2, 0.25) is 0 Å². The summed E-state index contributed by atoms with van der Waals surface area (Å²) >= 11 is 0. The highest BCUT2D eigenvalue weighted by Gasteiger charge is 2.30. The van der Waals surface area contributed by atoms with E-state index in [2.05, 4.69) is 9.97 Å². The van der Waals surface area contributed by atoms with E-state index in [4.69, 9.17) is 11.5 Å². The van der Waals surface area contributed by atoms with Crippen LogP contribution in [0.4, 0.5) is 19.0 Å². The van der Waals surface area contributed by atoms with Gasteiger partial charge in [0.05, 0.1) is 17.6 Å². The van der Waals surface area contributed by atoms with Crippen LogP contribution in [0.5, 0.6) is 0 Å². The van der Waals surface area contributed by atoms with Crippen LogP contribution < -0.4 is 11.5 Å². The fraction of sp³-hybridized carbons (Fsp3) is 0.200. The van der Waals surface area contributed by atoms with Crippen molar-refractivity contribution in [1.82, 2.24) is 9.97 Å². The van der Waals surface area contributed by atoms with Crippen molar-refractivity contribution < 1.29 is 13.2 Å². The molecule has 0 spiro atoms. The number of rotatable bonds is 1. The van der Waals surface area contributed by atoms with Gasteiger partial charge in [0, 0.05) is 5.39 Å². The third-order valence-corrected chi connectivity index (χ3v) is 2.28. The maximum absolute atomic E-state index is 12.5. The zero-order valence-corrected chi connectivity index (χ0v) is 8.62. The Balaban J connectivity index is 2.67. The van der Waals surface area contributed by atoms with Gasteiger partial charge in [-0.3, -0.25) is 0 Å². The summed E-state index contributed by atoms with van der Waals surface area (Å²) in [6, 6.07) is 3.15. The van der Waals surface area contributed by atoms with Gasteiger partial charge in [-0.1, -0.05) is 0 Å². The van der Waals surface area contributed by atoms with Crippen molar-refractivity contribution in [2.45, 2.75) is 12.7 Å². The van der Waals surface area contributed by atoms with Crippen LogP contribution in [0.25, 0.3) is 10.9 Å². The zero-order valence-electron chi connectivity index (χ0n) is 8.62. The lowest BCUT2D eigenvalue weighted by Crippen LogP contribution is -2.08. The molecule has 0 bridgehead atoms. The highest BCUT2D eigenvalue weighted by molar-refractivity contribution is 5.88. The highest BCUT2D eigenvalue weighted by Crippen LogP contribution is 2.32. The quantitative estimate of drug-likeness (QED) is 0.797. The predicted octanol–water partition coefficient (Wildman–Crippen LogP) is 1.69. The molecule has 2 aromatic rings. The molecule has 0 saturated heterocycles. The number of alkyl halides is 3. The van der Waals surface area contributed by atoms with Crippen molar-refractivity contribution >= 4 is 16.7 Å². The summed E-state index contributed by atoms with van der Waals surface area (Å²) < 4.78 is 37.5. The molecule has 4 nitrogen and oxygen atoms in total. The first-order chi connectivity index (χ1) is 7.91. The Morgan fingerprint density at radius 3 is 2.47 bits per heavy atom. The van der Waals surface area contributed by atoms with Crippen LogP contribution in [0, 0.1) is 0 Å². The minimum atomic E-state index is -4.41. The number of benzene rings is 1. The molecule has 17 heavy (non-hydrogen) atoms. The lowest BCUT2D eigenvalue weighted by molar-refractivity contribution is -0.137. The van der Waals surface area contributed by atoms with Gasteiger partial charge >= 0.3 is 6.18 Å². The molecule has 0 aliphatic rings. The first-order valence-corrected chi connectivity index (χ1v) is 4.75. The molecule has 4 N–H and O–H groups in total. The molecular formula is C10H9F3N4. The Morgan fingerprint density at radius 1 is 1.18 bits per heavy atom. The Kier molecular flexibility index (Phi) is 2.62. The zero-order chi connectivity index (χ0) is 12.6. The number of nitrogens with zero attached hydrogens (tertiary/aromatic N) is 2. The molecule has 1 aromatic carbocycles. The fourth-order valence-corrected chi connectivity index (χ4v) is 1.47. The molecule has 0 atom stereocenters. The molecule has 90 valence electrons. The van der Waals surface area contributed by atoms with Crippen LogP contribution in [-0.4, -0.2) is 9.97 Å². The predicted molar refractivity (Wildman–Crippen MR) is 56.8 cm³/mol. The summed E-state index contributed by atoms with van der Waals surface area (Å²) in [4.78, 5) is 7.81. The largest absolute Gasteiger partial charge is 0.416 e. The van der Waals surface area contributed by atoms with Crippen LogP contribution >= 0.6 is 0 Å². The number of hydrogen-bond donors (Lipinski definition) is 2. The molecule has 0 amide bonds. The van der Waals surface area contributed by atoms with Gasteiger partial charge in [-0.25, -0.2) is 9.97 Å². The summed E-state index contributed by atoms with van der Waals surface area (Å²) in [5.74, 6) is 0.302. The molecule has 1 heterocycles.